The fourth-order valence-corrected chi connectivity index (χ4v) is 2.06. The molecule has 2 heterocycles. The molecule has 0 aliphatic heterocycles. The first-order chi connectivity index (χ1) is 8.69. The number of anilines is 2. The van der Waals surface area contributed by atoms with E-state index in [4.69, 9.17) is 16.3 Å². The van der Waals surface area contributed by atoms with Gasteiger partial charge >= 0.3 is 0 Å². The van der Waals surface area contributed by atoms with Crippen LogP contribution in [-0.4, -0.2) is 28.5 Å². The van der Waals surface area contributed by atoms with Crippen LogP contribution in [0.5, 0.6) is 0 Å². The van der Waals surface area contributed by atoms with Gasteiger partial charge in [0.25, 0.3) is 0 Å². The SMILES string of the molecule is COCCn1cc(Nc2ncc(Br)cc2Cl)cn1. The summed E-state index contributed by atoms with van der Waals surface area (Å²) in [6.07, 6.45) is 5.28. The summed E-state index contributed by atoms with van der Waals surface area (Å²) in [4.78, 5) is 4.19. The smallest absolute Gasteiger partial charge is 0.149 e. The molecule has 5 nitrogen and oxygen atoms in total. The molecule has 0 spiro atoms. The highest BCUT2D eigenvalue weighted by molar-refractivity contribution is 9.10. The van der Waals surface area contributed by atoms with Crippen molar-refractivity contribution in [1.29, 1.82) is 0 Å². The van der Waals surface area contributed by atoms with Crippen LogP contribution < -0.4 is 5.32 Å². The summed E-state index contributed by atoms with van der Waals surface area (Å²) in [5.41, 5.74) is 0.836. The summed E-state index contributed by atoms with van der Waals surface area (Å²) in [5.74, 6) is 0.603. The lowest BCUT2D eigenvalue weighted by Gasteiger charge is -2.04. The Labute approximate surface area is 118 Å². The van der Waals surface area contributed by atoms with Crippen molar-refractivity contribution >= 4 is 39.0 Å². The summed E-state index contributed by atoms with van der Waals surface area (Å²) in [5, 5.41) is 7.85. The molecule has 0 radical (unpaired) electrons. The van der Waals surface area contributed by atoms with E-state index in [9.17, 15) is 0 Å². The van der Waals surface area contributed by atoms with Crippen molar-refractivity contribution in [1.82, 2.24) is 14.8 Å². The third-order valence-corrected chi connectivity index (χ3v) is 2.95. The average Bonchev–Trinajstić information content (AvgIpc) is 2.78. The van der Waals surface area contributed by atoms with Crippen LogP contribution in [0.1, 0.15) is 0 Å². The Balaban J connectivity index is 2.06. The summed E-state index contributed by atoms with van der Waals surface area (Å²) in [7, 11) is 1.66. The average molecular weight is 332 g/mol. The maximum atomic E-state index is 6.07. The van der Waals surface area contributed by atoms with E-state index in [1.807, 2.05) is 6.20 Å². The van der Waals surface area contributed by atoms with Crippen molar-refractivity contribution in [2.75, 3.05) is 19.0 Å². The van der Waals surface area contributed by atoms with Crippen molar-refractivity contribution in [3.63, 3.8) is 0 Å². The third-order valence-electron chi connectivity index (χ3n) is 2.23. The van der Waals surface area contributed by atoms with Crippen molar-refractivity contribution in [2.45, 2.75) is 6.54 Å². The number of nitrogens with zero attached hydrogens (tertiary/aromatic N) is 3. The fourth-order valence-electron chi connectivity index (χ4n) is 1.38. The minimum absolute atomic E-state index is 0.550. The third kappa shape index (κ3) is 3.44. The van der Waals surface area contributed by atoms with E-state index < -0.39 is 0 Å². The van der Waals surface area contributed by atoms with E-state index in [2.05, 4.69) is 31.3 Å². The van der Waals surface area contributed by atoms with Gasteiger partial charge in [0.15, 0.2) is 0 Å². The second kappa shape index (κ2) is 6.17. The normalized spacial score (nSPS) is 10.6. The molecular formula is C11H12BrClN4O. The van der Waals surface area contributed by atoms with Crippen LogP contribution in [0, 0.1) is 0 Å². The summed E-state index contributed by atoms with van der Waals surface area (Å²) < 4.78 is 7.62. The van der Waals surface area contributed by atoms with Crippen LogP contribution in [-0.2, 0) is 11.3 Å². The molecule has 96 valence electrons. The van der Waals surface area contributed by atoms with Gasteiger partial charge in [-0.25, -0.2) is 4.98 Å². The second-order valence-corrected chi connectivity index (χ2v) is 4.92. The molecule has 0 bridgehead atoms. The van der Waals surface area contributed by atoms with Gasteiger partial charge in [-0.15, -0.1) is 0 Å². The molecule has 0 amide bonds. The lowest BCUT2D eigenvalue weighted by molar-refractivity contribution is 0.183. The first kappa shape index (κ1) is 13.3. The topological polar surface area (TPSA) is 52.0 Å². The van der Waals surface area contributed by atoms with E-state index >= 15 is 0 Å². The van der Waals surface area contributed by atoms with Gasteiger partial charge in [0.05, 0.1) is 30.1 Å². The van der Waals surface area contributed by atoms with Crippen molar-refractivity contribution in [2.24, 2.45) is 0 Å². The van der Waals surface area contributed by atoms with E-state index in [1.165, 1.54) is 0 Å². The molecule has 0 unspecified atom stereocenters. The van der Waals surface area contributed by atoms with Gasteiger partial charge in [-0.05, 0) is 22.0 Å². The summed E-state index contributed by atoms with van der Waals surface area (Å²) in [6, 6.07) is 1.78. The Morgan fingerprint density at radius 2 is 2.33 bits per heavy atom. The molecule has 0 aliphatic carbocycles. The zero-order valence-electron chi connectivity index (χ0n) is 9.73. The Kier molecular flexibility index (Phi) is 4.57. The Morgan fingerprint density at radius 1 is 1.50 bits per heavy atom. The number of nitrogens with one attached hydrogen (secondary N) is 1. The molecular weight excluding hydrogens is 320 g/mol. The van der Waals surface area contributed by atoms with Crippen molar-refractivity contribution in [3.8, 4) is 0 Å². The molecule has 0 aliphatic rings. The predicted octanol–water partition coefficient (Wildman–Crippen LogP) is 3.08. The van der Waals surface area contributed by atoms with Crippen molar-refractivity contribution in [3.05, 3.63) is 34.2 Å². The van der Waals surface area contributed by atoms with Crippen LogP contribution in [0.2, 0.25) is 5.02 Å². The number of rotatable bonds is 5. The van der Waals surface area contributed by atoms with Gasteiger partial charge in [-0.1, -0.05) is 11.6 Å². The Hall–Kier alpha value is -1.11. The highest BCUT2D eigenvalue weighted by atomic mass is 79.9. The molecule has 0 saturated heterocycles. The molecule has 0 atom stereocenters. The van der Waals surface area contributed by atoms with E-state index in [1.54, 1.807) is 30.3 Å². The van der Waals surface area contributed by atoms with Gasteiger partial charge < -0.3 is 10.1 Å². The number of methoxy groups -OCH3 is 1. The van der Waals surface area contributed by atoms with Crippen molar-refractivity contribution < 1.29 is 4.74 Å². The maximum Gasteiger partial charge on any atom is 0.149 e. The molecule has 2 rings (SSSR count). The molecule has 2 aromatic heterocycles. The minimum atomic E-state index is 0.550. The first-order valence-electron chi connectivity index (χ1n) is 5.28. The number of halogens is 2. The van der Waals surface area contributed by atoms with Crippen LogP contribution in [0.4, 0.5) is 11.5 Å². The van der Waals surface area contributed by atoms with Crippen LogP contribution >= 0.6 is 27.5 Å². The monoisotopic (exact) mass is 330 g/mol. The predicted molar refractivity (Wildman–Crippen MR) is 74.3 cm³/mol. The summed E-state index contributed by atoms with van der Waals surface area (Å²) >= 11 is 9.38. The summed E-state index contributed by atoms with van der Waals surface area (Å²) in [6.45, 7) is 1.33. The lowest BCUT2D eigenvalue weighted by atomic mass is 10.4. The van der Waals surface area contributed by atoms with E-state index in [0.717, 1.165) is 10.2 Å². The largest absolute Gasteiger partial charge is 0.383 e. The zero-order chi connectivity index (χ0) is 13.0. The lowest BCUT2D eigenvalue weighted by Crippen LogP contribution is -2.03. The second-order valence-electron chi connectivity index (χ2n) is 3.59. The first-order valence-corrected chi connectivity index (χ1v) is 6.45. The molecule has 7 heteroatoms. The zero-order valence-corrected chi connectivity index (χ0v) is 12.1. The number of aromatic nitrogens is 3. The molecule has 0 fully saturated rings. The molecule has 1 N–H and O–H groups in total. The van der Waals surface area contributed by atoms with E-state index in [-0.39, 0.29) is 0 Å². The van der Waals surface area contributed by atoms with E-state index in [0.29, 0.717) is 24.0 Å². The quantitative estimate of drug-likeness (QED) is 0.915. The van der Waals surface area contributed by atoms with Crippen LogP contribution in [0.3, 0.4) is 0 Å². The van der Waals surface area contributed by atoms with Gasteiger partial charge in [0.1, 0.15) is 5.82 Å². The molecule has 0 aromatic carbocycles. The standard InChI is InChI=1S/C11H12BrClN4O/c1-18-3-2-17-7-9(6-15-17)16-11-10(13)4-8(12)5-14-11/h4-7H,2-3H2,1H3,(H,14,16). The highest BCUT2D eigenvalue weighted by Gasteiger charge is 2.05. The van der Waals surface area contributed by atoms with Gasteiger partial charge in [0, 0.05) is 24.0 Å². The number of pyridine rings is 1. The molecule has 18 heavy (non-hydrogen) atoms. The van der Waals surface area contributed by atoms with Crippen LogP contribution in [0.25, 0.3) is 0 Å². The minimum Gasteiger partial charge on any atom is -0.383 e. The van der Waals surface area contributed by atoms with Crippen LogP contribution in [0.15, 0.2) is 29.1 Å². The number of hydrogen-bond donors (Lipinski definition) is 1. The number of ether oxygens (including phenoxy) is 1. The molecule has 2 aromatic rings. The highest BCUT2D eigenvalue weighted by Crippen LogP contribution is 2.25. The Morgan fingerprint density at radius 3 is 3.06 bits per heavy atom. The molecule has 0 saturated carbocycles. The fraction of sp³-hybridized carbons (Fsp3) is 0.273. The number of hydrogen-bond acceptors (Lipinski definition) is 4. The maximum absolute atomic E-state index is 6.07. The van der Waals surface area contributed by atoms with Gasteiger partial charge in [0.2, 0.25) is 0 Å². The Bertz CT molecular complexity index is 532. The van der Waals surface area contributed by atoms with Gasteiger partial charge in [-0.2, -0.15) is 5.10 Å². The van der Waals surface area contributed by atoms with Gasteiger partial charge in [-0.3, -0.25) is 4.68 Å².